The lowest BCUT2D eigenvalue weighted by Crippen LogP contribution is -2.47. The Morgan fingerprint density at radius 2 is 2.24 bits per heavy atom. The molecule has 17 heavy (non-hydrogen) atoms. The number of hydrogen-bond acceptors (Lipinski definition) is 2. The van der Waals surface area contributed by atoms with Crippen LogP contribution < -0.4 is 4.90 Å². The van der Waals surface area contributed by atoms with Gasteiger partial charge in [0.05, 0.1) is 5.69 Å². The molecule has 0 unspecified atom stereocenters. The van der Waals surface area contributed by atoms with E-state index in [1.165, 1.54) is 6.07 Å². The molecule has 2 rings (SSSR count). The lowest BCUT2D eigenvalue weighted by atomic mass is 9.93. The Kier molecular flexibility index (Phi) is 3.31. The topological polar surface area (TPSA) is 40.5 Å². The molecular weight excluding hydrogens is 221 g/mol. The maximum Gasteiger partial charge on any atom is 0.340 e. The highest BCUT2D eigenvalue weighted by atomic mass is 19.1. The minimum atomic E-state index is -1.20. The van der Waals surface area contributed by atoms with Crippen LogP contribution in [0.1, 0.15) is 30.1 Å². The van der Waals surface area contributed by atoms with Gasteiger partial charge in [0.15, 0.2) is 0 Å². The summed E-state index contributed by atoms with van der Waals surface area (Å²) in [6.45, 7) is 3.79. The molecule has 1 N–H and O–H groups in total. The predicted octanol–water partition coefficient (Wildman–Crippen LogP) is 2.76. The van der Waals surface area contributed by atoms with Crippen molar-refractivity contribution in [2.75, 3.05) is 18.0 Å². The normalized spacial score (nSPS) is 15.8. The molecule has 0 radical (unpaired) electrons. The number of carboxylic acid groups (broad SMARTS) is 1. The minimum absolute atomic E-state index is 0.206. The Morgan fingerprint density at radius 1 is 1.53 bits per heavy atom. The van der Waals surface area contributed by atoms with Gasteiger partial charge < -0.3 is 10.0 Å². The summed E-state index contributed by atoms with van der Waals surface area (Å²) >= 11 is 0. The quantitative estimate of drug-likeness (QED) is 0.875. The molecular formula is C13H16FNO2. The highest BCUT2D eigenvalue weighted by molar-refractivity contribution is 5.95. The number of rotatable bonds is 4. The zero-order valence-electron chi connectivity index (χ0n) is 9.82. The van der Waals surface area contributed by atoms with Crippen LogP contribution in [0.25, 0.3) is 0 Å². The third kappa shape index (κ3) is 2.25. The van der Waals surface area contributed by atoms with Crippen LogP contribution in [-0.2, 0) is 0 Å². The van der Waals surface area contributed by atoms with Gasteiger partial charge in [-0.25, -0.2) is 9.18 Å². The maximum atomic E-state index is 13.5. The summed E-state index contributed by atoms with van der Waals surface area (Å²) in [4.78, 5) is 13.0. The molecule has 1 aliphatic rings. The van der Waals surface area contributed by atoms with Crippen LogP contribution >= 0.6 is 0 Å². The molecule has 4 heteroatoms. The smallest absolute Gasteiger partial charge is 0.340 e. The van der Waals surface area contributed by atoms with Crippen LogP contribution in [-0.4, -0.2) is 24.2 Å². The van der Waals surface area contributed by atoms with Crippen molar-refractivity contribution in [3.05, 3.63) is 29.6 Å². The molecule has 1 aliphatic heterocycles. The summed E-state index contributed by atoms with van der Waals surface area (Å²) in [5.74, 6) is -1.24. The fraction of sp³-hybridized carbons (Fsp3) is 0.462. The molecule has 3 nitrogen and oxygen atoms in total. The zero-order valence-corrected chi connectivity index (χ0v) is 9.82. The van der Waals surface area contributed by atoms with Gasteiger partial charge in [0.1, 0.15) is 11.4 Å². The molecule has 0 bridgehead atoms. The van der Waals surface area contributed by atoms with Gasteiger partial charge in [0.2, 0.25) is 0 Å². The lowest BCUT2D eigenvalue weighted by Gasteiger charge is -2.41. The summed E-state index contributed by atoms with van der Waals surface area (Å²) in [7, 11) is 0. The average molecular weight is 237 g/mol. The first-order valence-electron chi connectivity index (χ1n) is 5.90. The lowest BCUT2D eigenvalue weighted by molar-refractivity contribution is 0.0692. The Morgan fingerprint density at radius 3 is 2.82 bits per heavy atom. The molecule has 92 valence electrons. The van der Waals surface area contributed by atoms with Crippen molar-refractivity contribution in [2.45, 2.75) is 19.8 Å². The van der Waals surface area contributed by atoms with Crippen LogP contribution in [0.5, 0.6) is 0 Å². The first kappa shape index (κ1) is 11.9. The molecule has 0 atom stereocenters. The van der Waals surface area contributed by atoms with Crippen LogP contribution in [0, 0.1) is 11.7 Å². The third-order valence-corrected chi connectivity index (χ3v) is 3.20. The number of benzene rings is 1. The minimum Gasteiger partial charge on any atom is -0.478 e. The van der Waals surface area contributed by atoms with E-state index < -0.39 is 11.8 Å². The average Bonchev–Trinajstić information content (AvgIpc) is 2.21. The van der Waals surface area contributed by atoms with E-state index in [0.717, 1.165) is 25.9 Å². The first-order valence-corrected chi connectivity index (χ1v) is 5.90. The van der Waals surface area contributed by atoms with Crippen molar-refractivity contribution in [1.82, 2.24) is 0 Å². The summed E-state index contributed by atoms with van der Waals surface area (Å²) < 4.78 is 13.5. The van der Waals surface area contributed by atoms with Crippen molar-refractivity contribution in [1.29, 1.82) is 0 Å². The number of anilines is 1. The molecule has 0 aromatic heterocycles. The van der Waals surface area contributed by atoms with Crippen LogP contribution in [0.15, 0.2) is 18.2 Å². The fourth-order valence-corrected chi connectivity index (χ4v) is 2.35. The highest BCUT2D eigenvalue weighted by Gasteiger charge is 2.29. The van der Waals surface area contributed by atoms with Gasteiger partial charge in [-0.3, -0.25) is 0 Å². The van der Waals surface area contributed by atoms with E-state index in [0.29, 0.717) is 11.6 Å². The Balaban J connectivity index is 2.17. The fourth-order valence-electron chi connectivity index (χ4n) is 2.35. The molecule has 1 saturated heterocycles. The monoisotopic (exact) mass is 237 g/mol. The number of hydrogen-bond donors (Lipinski definition) is 1. The molecule has 1 fully saturated rings. The number of nitrogens with zero attached hydrogens (tertiary/aromatic N) is 1. The second-order valence-corrected chi connectivity index (χ2v) is 4.50. The summed E-state index contributed by atoms with van der Waals surface area (Å²) in [6, 6.07) is 4.43. The molecule has 0 saturated carbocycles. The van der Waals surface area contributed by atoms with Crippen LogP contribution in [0.4, 0.5) is 10.1 Å². The van der Waals surface area contributed by atoms with Crippen molar-refractivity contribution >= 4 is 11.7 Å². The van der Waals surface area contributed by atoms with Gasteiger partial charge in [-0.15, -0.1) is 0 Å². The standard InChI is InChI=1S/C13H16FNO2/c1-2-4-9-7-15(8-9)11-6-3-5-10(14)12(11)13(16)17/h3,5-6,9H,2,4,7-8H2,1H3,(H,16,17). The number of carboxylic acids is 1. The SMILES string of the molecule is CCCC1CN(c2cccc(F)c2C(=O)O)C1. The van der Waals surface area contributed by atoms with E-state index in [2.05, 4.69) is 6.92 Å². The summed E-state index contributed by atoms with van der Waals surface area (Å²) in [6.07, 6.45) is 2.28. The van der Waals surface area contributed by atoms with E-state index in [9.17, 15) is 9.18 Å². The third-order valence-electron chi connectivity index (χ3n) is 3.20. The van der Waals surface area contributed by atoms with Gasteiger partial charge >= 0.3 is 5.97 Å². The van der Waals surface area contributed by atoms with E-state index >= 15 is 0 Å². The van der Waals surface area contributed by atoms with Gasteiger partial charge in [-0.2, -0.15) is 0 Å². The summed E-state index contributed by atoms with van der Waals surface area (Å²) in [5, 5.41) is 9.02. The largest absolute Gasteiger partial charge is 0.478 e. The first-order chi connectivity index (χ1) is 8.13. The summed E-state index contributed by atoms with van der Waals surface area (Å²) in [5.41, 5.74) is 0.298. The van der Waals surface area contributed by atoms with E-state index in [4.69, 9.17) is 5.11 Å². The molecule has 0 amide bonds. The van der Waals surface area contributed by atoms with E-state index in [1.807, 2.05) is 4.90 Å². The van der Waals surface area contributed by atoms with E-state index in [1.54, 1.807) is 12.1 Å². The molecule has 1 heterocycles. The van der Waals surface area contributed by atoms with Gasteiger partial charge in [0, 0.05) is 13.1 Å². The zero-order chi connectivity index (χ0) is 12.4. The Hall–Kier alpha value is -1.58. The molecule has 1 aromatic rings. The molecule has 0 aliphatic carbocycles. The van der Waals surface area contributed by atoms with Gasteiger partial charge in [0.25, 0.3) is 0 Å². The van der Waals surface area contributed by atoms with Crippen LogP contribution in [0.2, 0.25) is 0 Å². The second-order valence-electron chi connectivity index (χ2n) is 4.50. The molecule has 0 spiro atoms. The number of carbonyl (C=O) groups is 1. The second kappa shape index (κ2) is 4.73. The van der Waals surface area contributed by atoms with Crippen molar-refractivity contribution in [2.24, 2.45) is 5.92 Å². The Bertz CT molecular complexity index is 427. The van der Waals surface area contributed by atoms with Crippen molar-refractivity contribution in [3.8, 4) is 0 Å². The van der Waals surface area contributed by atoms with Gasteiger partial charge in [-0.05, 0) is 24.5 Å². The van der Waals surface area contributed by atoms with Gasteiger partial charge in [-0.1, -0.05) is 19.4 Å². The van der Waals surface area contributed by atoms with Crippen LogP contribution in [0.3, 0.4) is 0 Å². The van der Waals surface area contributed by atoms with Crippen molar-refractivity contribution in [3.63, 3.8) is 0 Å². The van der Waals surface area contributed by atoms with Crippen molar-refractivity contribution < 1.29 is 14.3 Å². The molecule has 1 aromatic carbocycles. The Labute approximate surface area is 99.9 Å². The maximum absolute atomic E-state index is 13.5. The predicted molar refractivity (Wildman–Crippen MR) is 64.0 cm³/mol. The number of aromatic carboxylic acids is 1. The highest BCUT2D eigenvalue weighted by Crippen LogP contribution is 2.31. The van der Waals surface area contributed by atoms with E-state index in [-0.39, 0.29) is 5.56 Å². The number of halogens is 1.